The Kier molecular flexibility index (Phi) is 7.25. The molecule has 0 atom stereocenters. The van der Waals surface area contributed by atoms with Gasteiger partial charge in [0.1, 0.15) is 0 Å². The van der Waals surface area contributed by atoms with Crippen molar-refractivity contribution in [3.8, 4) is 28.5 Å². The van der Waals surface area contributed by atoms with E-state index in [0.29, 0.717) is 11.8 Å². The predicted molar refractivity (Wildman–Crippen MR) is 124 cm³/mol. The molecule has 31 heavy (non-hydrogen) atoms. The molecular weight excluding hydrogens is 559 g/mol. The summed E-state index contributed by atoms with van der Waals surface area (Å²) in [6.07, 6.45) is 0. The summed E-state index contributed by atoms with van der Waals surface area (Å²) in [4.78, 5) is 0. The van der Waals surface area contributed by atoms with Gasteiger partial charge < -0.3 is 4.57 Å². The zero-order chi connectivity index (χ0) is 21.3. The van der Waals surface area contributed by atoms with Gasteiger partial charge in [-0.2, -0.15) is 5.10 Å². The summed E-state index contributed by atoms with van der Waals surface area (Å²) in [5, 5.41) is 9.36. The number of hydrogen-bond acceptors (Lipinski definition) is 2. The quantitative estimate of drug-likeness (QED) is 0.237. The zero-order valence-electron chi connectivity index (χ0n) is 18.7. The molecule has 4 rings (SSSR count). The number of nitrogens with zero attached hydrogens (tertiary/aromatic N) is 3. The van der Waals surface area contributed by atoms with Gasteiger partial charge in [0.25, 0.3) is 0 Å². The van der Waals surface area contributed by atoms with Gasteiger partial charge in [0, 0.05) is 31.4 Å². The van der Waals surface area contributed by atoms with E-state index in [-0.39, 0.29) is 20.1 Å². The van der Waals surface area contributed by atoms with E-state index < -0.39 is 0 Å². The molecule has 161 valence electrons. The van der Waals surface area contributed by atoms with Crippen LogP contribution in [0.3, 0.4) is 0 Å². The molecule has 4 aromatic rings. The maximum Gasteiger partial charge on any atom is 0.159 e. The molecule has 0 aliphatic heterocycles. The molecule has 0 aliphatic rings. The zero-order valence-corrected chi connectivity index (χ0v) is 21.1. The van der Waals surface area contributed by atoms with Crippen LogP contribution in [-0.2, 0) is 20.1 Å². The van der Waals surface area contributed by atoms with Crippen LogP contribution in [0.2, 0.25) is 0 Å². The average Bonchev–Trinajstić information content (AvgIpc) is 3.18. The van der Waals surface area contributed by atoms with Gasteiger partial charge in [0.05, 0.1) is 5.82 Å². The van der Waals surface area contributed by atoms with Crippen LogP contribution in [0.1, 0.15) is 56.2 Å². The molecule has 0 unspecified atom stereocenters. The van der Waals surface area contributed by atoms with Crippen molar-refractivity contribution in [3.05, 3.63) is 89.5 Å². The Morgan fingerprint density at radius 3 is 1.94 bits per heavy atom. The Hall–Kier alpha value is -2.55. The van der Waals surface area contributed by atoms with E-state index >= 15 is 0 Å². The van der Waals surface area contributed by atoms with Crippen LogP contribution in [0.15, 0.2) is 66.7 Å². The minimum atomic E-state index is 0. The maximum absolute atomic E-state index is 4.69. The first-order valence-electron chi connectivity index (χ1n) is 10.6. The van der Waals surface area contributed by atoms with E-state index in [4.69, 9.17) is 5.10 Å². The second-order valence-corrected chi connectivity index (χ2v) is 8.37. The molecule has 0 saturated heterocycles. The van der Waals surface area contributed by atoms with Crippen LogP contribution in [0.4, 0.5) is 0 Å². The maximum atomic E-state index is 4.69. The molecule has 1 aromatic heterocycles. The molecule has 0 bridgehead atoms. The molecule has 0 amide bonds. The first-order valence-corrected chi connectivity index (χ1v) is 10.6. The third-order valence-corrected chi connectivity index (χ3v) is 5.57. The van der Waals surface area contributed by atoms with E-state index in [1.807, 2.05) is 18.2 Å². The molecule has 1 heterocycles. The normalized spacial score (nSPS) is 11.1. The van der Waals surface area contributed by atoms with Gasteiger partial charge in [-0.25, -0.2) is 0 Å². The minimum Gasteiger partial charge on any atom is -0.315 e. The number of aromatic nitrogens is 3. The number of para-hydroxylation sites is 1. The Labute approximate surface area is 198 Å². The number of aryl methyl sites for hydroxylation is 1. The number of hydrogen-bond donors (Lipinski definition) is 0. The monoisotopic (exact) mass is 587 g/mol. The number of benzene rings is 3. The molecule has 0 N–H and O–H groups in total. The Morgan fingerprint density at radius 2 is 1.35 bits per heavy atom. The molecule has 1 radical (unpaired) electrons. The van der Waals surface area contributed by atoms with E-state index in [9.17, 15) is 0 Å². The fourth-order valence-electron chi connectivity index (χ4n) is 3.97. The van der Waals surface area contributed by atoms with Gasteiger partial charge >= 0.3 is 0 Å². The number of rotatable bonds is 5. The van der Waals surface area contributed by atoms with Crippen LogP contribution in [0, 0.1) is 13.0 Å². The summed E-state index contributed by atoms with van der Waals surface area (Å²) >= 11 is 0. The first-order chi connectivity index (χ1) is 14.5. The summed E-state index contributed by atoms with van der Waals surface area (Å²) in [6.45, 7) is 11.1. The van der Waals surface area contributed by atoms with Crippen molar-refractivity contribution in [2.75, 3.05) is 0 Å². The molecule has 4 heteroatoms. The standard InChI is InChI=1S/C27H28N3.Ir/c1-18(2)22-16-11-17-23(19(3)4)25(22)30-26(21-13-7-6-8-14-21)28-29-27(30)24-15-10-9-12-20(24)5;/h6-13,15-19H,1-5H3;/q-1;. The summed E-state index contributed by atoms with van der Waals surface area (Å²) in [7, 11) is 0. The molecule has 3 nitrogen and oxygen atoms in total. The Balaban J connectivity index is 0.00000272. The van der Waals surface area contributed by atoms with Crippen molar-refractivity contribution < 1.29 is 20.1 Å². The van der Waals surface area contributed by atoms with Crippen molar-refractivity contribution >= 4 is 0 Å². The Morgan fingerprint density at radius 1 is 0.742 bits per heavy atom. The van der Waals surface area contributed by atoms with E-state index in [1.54, 1.807) is 0 Å². The minimum absolute atomic E-state index is 0. The van der Waals surface area contributed by atoms with E-state index in [0.717, 1.165) is 22.8 Å². The topological polar surface area (TPSA) is 30.7 Å². The van der Waals surface area contributed by atoms with Crippen LogP contribution in [0.5, 0.6) is 0 Å². The third-order valence-electron chi connectivity index (χ3n) is 5.57. The smallest absolute Gasteiger partial charge is 0.159 e. The summed E-state index contributed by atoms with van der Waals surface area (Å²) in [5.74, 6) is 2.44. The fourth-order valence-corrected chi connectivity index (χ4v) is 3.97. The van der Waals surface area contributed by atoms with Crippen molar-refractivity contribution in [1.29, 1.82) is 0 Å². The van der Waals surface area contributed by atoms with Gasteiger partial charge in [0.2, 0.25) is 0 Å². The van der Waals surface area contributed by atoms with Crippen molar-refractivity contribution in [1.82, 2.24) is 14.8 Å². The van der Waals surface area contributed by atoms with Gasteiger partial charge in [-0.15, -0.1) is 41.0 Å². The van der Waals surface area contributed by atoms with Crippen molar-refractivity contribution in [2.24, 2.45) is 0 Å². The van der Waals surface area contributed by atoms with Crippen LogP contribution in [0.25, 0.3) is 28.5 Å². The third kappa shape index (κ3) is 4.42. The summed E-state index contributed by atoms with van der Waals surface area (Å²) in [6, 6.07) is 26.3. The van der Waals surface area contributed by atoms with Crippen molar-refractivity contribution in [3.63, 3.8) is 0 Å². The van der Waals surface area contributed by atoms with Crippen LogP contribution >= 0.6 is 0 Å². The van der Waals surface area contributed by atoms with Gasteiger partial charge in [-0.3, -0.25) is 0 Å². The van der Waals surface area contributed by atoms with E-state index in [2.05, 4.69) is 98.9 Å². The second-order valence-electron chi connectivity index (χ2n) is 8.37. The van der Waals surface area contributed by atoms with Crippen molar-refractivity contribution in [2.45, 2.75) is 46.5 Å². The van der Waals surface area contributed by atoms with Gasteiger partial charge in [-0.1, -0.05) is 70.2 Å². The molecule has 0 spiro atoms. The van der Waals surface area contributed by atoms with Crippen LogP contribution in [-0.4, -0.2) is 14.8 Å². The molecule has 0 fully saturated rings. The largest absolute Gasteiger partial charge is 0.315 e. The summed E-state index contributed by atoms with van der Waals surface area (Å²) in [5.41, 5.74) is 7.01. The molecule has 0 saturated carbocycles. The average molecular weight is 587 g/mol. The van der Waals surface area contributed by atoms with Gasteiger partial charge in [-0.05, 0) is 35.4 Å². The SMILES string of the molecule is Cc1ccccc1-c1nnc(-c2[c-]cccc2)n1-c1c(C(C)C)cccc1C(C)C.[Ir]. The Bertz CT molecular complexity index is 1130. The van der Waals surface area contributed by atoms with E-state index in [1.165, 1.54) is 22.4 Å². The molecule has 0 aliphatic carbocycles. The summed E-state index contributed by atoms with van der Waals surface area (Å²) < 4.78 is 2.25. The fraction of sp³-hybridized carbons (Fsp3) is 0.259. The predicted octanol–water partition coefficient (Wildman–Crippen LogP) is 6.95. The molecular formula is C27H28IrN3-. The first kappa shape index (κ1) is 23.1. The second kappa shape index (κ2) is 9.72. The molecule has 3 aromatic carbocycles. The van der Waals surface area contributed by atoms with Gasteiger partial charge in [0.15, 0.2) is 5.82 Å². The van der Waals surface area contributed by atoms with Crippen LogP contribution < -0.4 is 0 Å².